The zero-order chi connectivity index (χ0) is 25.5. The summed E-state index contributed by atoms with van der Waals surface area (Å²) in [5, 5.41) is 9.51. The van der Waals surface area contributed by atoms with E-state index in [-0.39, 0.29) is 11.9 Å². The molecule has 5 heterocycles. The maximum atomic E-state index is 13.8. The fourth-order valence-corrected chi connectivity index (χ4v) is 4.76. The minimum Gasteiger partial charge on any atom is -0.378 e. The van der Waals surface area contributed by atoms with Gasteiger partial charge in [0.15, 0.2) is 11.5 Å². The van der Waals surface area contributed by atoms with Gasteiger partial charge in [0.1, 0.15) is 17.5 Å². The Kier molecular flexibility index (Phi) is 5.76. The summed E-state index contributed by atoms with van der Waals surface area (Å²) in [6.45, 7) is 4.11. The normalized spacial score (nSPS) is 14.8. The summed E-state index contributed by atoms with van der Waals surface area (Å²) in [6, 6.07) is 7.81. The molecule has 0 radical (unpaired) electrons. The molecule has 0 unspecified atom stereocenters. The van der Waals surface area contributed by atoms with Gasteiger partial charge in [0.25, 0.3) is 5.91 Å². The van der Waals surface area contributed by atoms with E-state index in [0.717, 1.165) is 33.2 Å². The van der Waals surface area contributed by atoms with Gasteiger partial charge in [0.2, 0.25) is 0 Å². The molecule has 0 spiro atoms. The van der Waals surface area contributed by atoms with Crippen molar-refractivity contribution < 1.29 is 9.53 Å². The van der Waals surface area contributed by atoms with Gasteiger partial charge in [-0.1, -0.05) is 18.2 Å². The molecule has 1 amide bonds. The number of fused-ring (bicyclic) bond motifs is 2. The molecule has 0 saturated carbocycles. The van der Waals surface area contributed by atoms with Gasteiger partial charge in [0.05, 0.1) is 37.5 Å². The summed E-state index contributed by atoms with van der Waals surface area (Å²) in [5.74, 6) is 0.512. The second-order valence-corrected chi connectivity index (χ2v) is 9.22. The number of aryl methyl sites for hydroxylation is 2. The second kappa shape index (κ2) is 9.25. The van der Waals surface area contributed by atoms with Crippen molar-refractivity contribution in [2.24, 2.45) is 14.1 Å². The smallest absolute Gasteiger partial charge is 0.273 e. The first-order valence-corrected chi connectivity index (χ1v) is 12.2. The number of pyridine rings is 1. The van der Waals surface area contributed by atoms with Crippen LogP contribution in [0.5, 0.6) is 0 Å². The van der Waals surface area contributed by atoms with Gasteiger partial charge in [-0.3, -0.25) is 9.48 Å². The van der Waals surface area contributed by atoms with Gasteiger partial charge < -0.3 is 19.5 Å². The number of hydrogen-bond donors (Lipinski definition) is 1. The Morgan fingerprint density at radius 3 is 2.76 bits per heavy atom. The maximum absolute atomic E-state index is 13.8. The molecule has 1 aliphatic heterocycles. The SMILES string of the molecule is C[C@H](Nc1ncnc2c1ncn2C)c1cc2cccc(-c3cnn(C)c3)c2c(C(=O)N2CCOCC2)n1. The van der Waals surface area contributed by atoms with Gasteiger partial charge in [-0.15, -0.1) is 0 Å². The van der Waals surface area contributed by atoms with Crippen LogP contribution in [0, 0.1) is 0 Å². The van der Waals surface area contributed by atoms with Crippen LogP contribution in [0.4, 0.5) is 5.82 Å². The van der Waals surface area contributed by atoms with Crippen LogP contribution in [0.3, 0.4) is 0 Å². The molecule has 5 aromatic rings. The summed E-state index contributed by atoms with van der Waals surface area (Å²) in [6.07, 6.45) is 6.98. The van der Waals surface area contributed by atoms with Crippen LogP contribution in [0.1, 0.15) is 29.1 Å². The summed E-state index contributed by atoms with van der Waals surface area (Å²) >= 11 is 0. The van der Waals surface area contributed by atoms with E-state index < -0.39 is 0 Å². The molecule has 1 atom stereocenters. The highest BCUT2D eigenvalue weighted by Crippen LogP contribution is 2.33. The lowest BCUT2D eigenvalue weighted by Crippen LogP contribution is -2.41. The lowest BCUT2D eigenvalue weighted by molar-refractivity contribution is 0.0300. The van der Waals surface area contributed by atoms with Crippen LogP contribution in [0.2, 0.25) is 0 Å². The largest absolute Gasteiger partial charge is 0.378 e. The Morgan fingerprint density at radius 1 is 1.14 bits per heavy atom. The van der Waals surface area contributed by atoms with E-state index in [0.29, 0.717) is 43.3 Å². The molecule has 1 fully saturated rings. The van der Waals surface area contributed by atoms with Crippen LogP contribution in [0.15, 0.2) is 49.3 Å². The molecule has 11 heteroatoms. The number of carbonyl (C=O) groups excluding carboxylic acids is 1. The molecule has 1 N–H and O–H groups in total. The monoisotopic (exact) mass is 497 g/mol. The molecule has 37 heavy (non-hydrogen) atoms. The number of nitrogens with zero attached hydrogens (tertiary/aromatic N) is 8. The number of hydrogen-bond acceptors (Lipinski definition) is 8. The lowest BCUT2D eigenvalue weighted by atomic mass is 9.97. The Morgan fingerprint density at radius 2 is 1.97 bits per heavy atom. The zero-order valence-electron chi connectivity index (χ0n) is 20.9. The van der Waals surface area contributed by atoms with Crippen LogP contribution < -0.4 is 5.32 Å². The van der Waals surface area contributed by atoms with Crippen LogP contribution in [0.25, 0.3) is 33.1 Å². The predicted molar refractivity (Wildman–Crippen MR) is 139 cm³/mol. The van der Waals surface area contributed by atoms with Crippen molar-refractivity contribution in [2.75, 3.05) is 31.6 Å². The third-order valence-corrected chi connectivity index (χ3v) is 6.69. The average Bonchev–Trinajstić information content (AvgIpc) is 3.53. The molecule has 1 saturated heterocycles. The molecule has 0 aliphatic carbocycles. The van der Waals surface area contributed by atoms with Crippen molar-refractivity contribution in [3.8, 4) is 11.1 Å². The molecular formula is C26H27N9O2. The standard InChI is InChI=1S/C26H27N9O2/c1-16(31-24-23-25(28-14-27-24)33(2)15-29-23)20-11-17-5-4-6-19(18-12-30-34(3)13-18)21(17)22(32-20)26(36)35-7-9-37-10-8-35/h4-6,11-16H,7-10H2,1-3H3,(H,27,28,31)/t16-/m0/s1. The molecule has 0 bridgehead atoms. The number of rotatable bonds is 5. The fraction of sp³-hybridized carbons (Fsp3) is 0.308. The molecule has 1 aromatic carbocycles. The topological polar surface area (TPSA) is 116 Å². The van der Waals surface area contributed by atoms with Gasteiger partial charge in [-0.25, -0.2) is 19.9 Å². The lowest BCUT2D eigenvalue weighted by Gasteiger charge is -2.27. The molecule has 11 nitrogen and oxygen atoms in total. The number of imidazole rings is 1. The van der Waals surface area contributed by atoms with Crippen molar-refractivity contribution in [1.82, 2.24) is 39.2 Å². The number of carbonyl (C=O) groups is 1. The van der Waals surface area contributed by atoms with E-state index in [1.165, 1.54) is 6.33 Å². The Bertz CT molecular complexity index is 1620. The first kappa shape index (κ1) is 23.0. The van der Waals surface area contributed by atoms with E-state index in [1.54, 1.807) is 11.0 Å². The third-order valence-electron chi connectivity index (χ3n) is 6.69. The van der Waals surface area contributed by atoms with E-state index in [9.17, 15) is 4.79 Å². The molecule has 4 aromatic heterocycles. The van der Waals surface area contributed by atoms with Crippen molar-refractivity contribution in [1.29, 1.82) is 0 Å². The number of ether oxygens (including phenoxy) is 1. The summed E-state index contributed by atoms with van der Waals surface area (Å²) in [4.78, 5) is 33.8. The van der Waals surface area contributed by atoms with Crippen LogP contribution >= 0.6 is 0 Å². The summed E-state index contributed by atoms with van der Waals surface area (Å²) in [7, 11) is 3.77. The van der Waals surface area contributed by atoms with Crippen LogP contribution in [-0.2, 0) is 18.8 Å². The Balaban J connectivity index is 1.47. The van der Waals surface area contributed by atoms with Crippen molar-refractivity contribution >= 4 is 33.7 Å². The molecule has 188 valence electrons. The number of aromatic nitrogens is 7. The molecule has 6 rings (SSSR count). The Hall–Kier alpha value is -4.38. The predicted octanol–water partition coefficient (Wildman–Crippen LogP) is 2.96. The zero-order valence-corrected chi connectivity index (χ0v) is 20.9. The van der Waals surface area contributed by atoms with Crippen molar-refractivity contribution in [3.63, 3.8) is 0 Å². The number of benzene rings is 1. The quantitative estimate of drug-likeness (QED) is 0.394. The van der Waals surface area contributed by atoms with Crippen molar-refractivity contribution in [2.45, 2.75) is 13.0 Å². The van der Waals surface area contributed by atoms with Gasteiger partial charge in [0, 0.05) is 44.3 Å². The van der Waals surface area contributed by atoms with E-state index in [1.807, 2.05) is 67.1 Å². The van der Waals surface area contributed by atoms with Gasteiger partial charge in [-0.05, 0) is 23.9 Å². The first-order chi connectivity index (χ1) is 18.0. The highest BCUT2D eigenvalue weighted by atomic mass is 16.5. The molecule has 1 aliphatic rings. The van der Waals surface area contributed by atoms with Crippen molar-refractivity contribution in [3.05, 3.63) is 60.7 Å². The second-order valence-electron chi connectivity index (χ2n) is 9.22. The maximum Gasteiger partial charge on any atom is 0.273 e. The minimum atomic E-state index is -0.247. The number of morpholine rings is 1. The average molecular weight is 498 g/mol. The van der Waals surface area contributed by atoms with Gasteiger partial charge >= 0.3 is 0 Å². The number of amides is 1. The summed E-state index contributed by atoms with van der Waals surface area (Å²) < 4.78 is 9.08. The van der Waals surface area contributed by atoms with E-state index in [4.69, 9.17) is 9.72 Å². The van der Waals surface area contributed by atoms with Gasteiger partial charge in [-0.2, -0.15) is 5.10 Å². The van der Waals surface area contributed by atoms with Crippen LogP contribution in [-0.4, -0.2) is 71.4 Å². The highest BCUT2D eigenvalue weighted by Gasteiger charge is 2.25. The van der Waals surface area contributed by atoms with E-state index in [2.05, 4.69) is 25.4 Å². The number of anilines is 1. The van der Waals surface area contributed by atoms with E-state index >= 15 is 0 Å². The first-order valence-electron chi connectivity index (χ1n) is 12.2. The fourth-order valence-electron chi connectivity index (χ4n) is 4.76. The summed E-state index contributed by atoms with van der Waals surface area (Å²) in [5.41, 5.74) is 4.43. The third kappa shape index (κ3) is 4.16. The minimum absolute atomic E-state index is 0.104. The Labute approximate surface area is 213 Å². The number of nitrogens with one attached hydrogen (secondary N) is 1. The molecular weight excluding hydrogens is 470 g/mol. The highest BCUT2D eigenvalue weighted by molar-refractivity contribution is 6.11.